The van der Waals surface area contributed by atoms with Gasteiger partial charge < -0.3 is 30.4 Å². The monoisotopic (exact) mass is 637 g/mol. The summed E-state index contributed by atoms with van der Waals surface area (Å²) in [5.41, 5.74) is 1.83. The van der Waals surface area contributed by atoms with Crippen molar-refractivity contribution in [1.29, 1.82) is 0 Å². The van der Waals surface area contributed by atoms with Crippen molar-refractivity contribution in [2.24, 2.45) is 5.92 Å². The summed E-state index contributed by atoms with van der Waals surface area (Å²) in [6.45, 7) is 2.22. The zero-order chi connectivity index (χ0) is 33.4. The summed E-state index contributed by atoms with van der Waals surface area (Å²) in [7, 11) is 1.56. The lowest BCUT2D eigenvalue weighted by atomic mass is 9.63. The molecule has 0 spiro atoms. The number of carbonyl (C=O) groups is 4. The van der Waals surface area contributed by atoms with Crippen molar-refractivity contribution in [3.8, 4) is 5.75 Å². The van der Waals surface area contributed by atoms with Crippen molar-refractivity contribution in [1.82, 2.24) is 25.5 Å². The van der Waals surface area contributed by atoms with Gasteiger partial charge >= 0.3 is 5.97 Å². The SMILES string of the molecule is CCC(C(=O)O)C1(c2ccccc2)CN(C(=O)[C@H](Cc2ccc(OC)cc2)NC(=O)[C@H](Cc2c[nH]cn2)NC(=O)c2ccccc2)C1. The Balaban J connectivity index is 1.41. The number of benzene rings is 3. The highest BCUT2D eigenvalue weighted by molar-refractivity contribution is 5.98. The molecule has 4 aromatic rings. The third kappa shape index (κ3) is 7.51. The summed E-state index contributed by atoms with van der Waals surface area (Å²) in [4.78, 5) is 62.3. The first kappa shape index (κ1) is 32.9. The topological polar surface area (TPSA) is 154 Å². The van der Waals surface area contributed by atoms with Crippen molar-refractivity contribution in [3.63, 3.8) is 0 Å². The number of carboxylic acids is 1. The van der Waals surface area contributed by atoms with Crippen LogP contribution in [0.25, 0.3) is 0 Å². The summed E-state index contributed by atoms with van der Waals surface area (Å²) in [5, 5.41) is 15.9. The zero-order valence-electron chi connectivity index (χ0n) is 26.4. The number of carboxylic acid groups (broad SMARTS) is 1. The Morgan fingerprint density at radius 1 is 0.915 bits per heavy atom. The second kappa shape index (κ2) is 14.8. The van der Waals surface area contributed by atoms with Gasteiger partial charge in [0.2, 0.25) is 11.8 Å². The molecule has 1 saturated heterocycles. The van der Waals surface area contributed by atoms with E-state index >= 15 is 0 Å². The van der Waals surface area contributed by atoms with E-state index in [1.807, 2.05) is 49.4 Å². The number of amides is 3. The minimum absolute atomic E-state index is 0.0922. The van der Waals surface area contributed by atoms with Gasteiger partial charge in [0, 0.05) is 43.1 Å². The molecule has 1 aliphatic rings. The standard InChI is InChI=1S/C36H39N5O6/c1-3-29(35(45)46)36(26-12-8-5-9-13-26)21-41(22-36)34(44)31(18-24-14-16-28(47-2)17-15-24)40-33(43)30(19-27-20-37-23-38-27)39-32(42)25-10-6-4-7-11-25/h4-17,20,23,29-31H,3,18-19,21-22H2,1-2H3,(H,37,38)(H,39,42)(H,40,43)(H,45,46)/t29?,30-,31-/m0/s1. The molecule has 47 heavy (non-hydrogen) atoms. The van der Waals surface area contributed by atoms with E-state index in [-0.39, 0.29) is 31.8 Å². The Morgan fingerprint density at radius 3 is 2.15 bits per heavy atom. The molecule has 0 aliphatic carbocycles. The summed E-state index contributed by atoms with van der Waals surface area (Å²) in [6.07, 6.45) is 3.79. The van der Waals surface area contributed by atoms with Crippen LogP contribution in [0.3, 0.4) is 0 Å². The van der Waals surface area contributed by atoms with Gasteiger partial charge in [-0.3, -0.25) is 19.2 Å². The fraction of sp³-hybridized carbons (Fsp3) is 0.306. The number of carbonyl (C=O) groups excluding carboxylic acids is 3. The van der Waals surface area contributed by atoms with E-state index in [0.29, 0.717) is 23.4 Å². The molecule has 1 fully saturated rings. The maximum absolute atomic E-state index is 14.2. The number of nitrogens with one attached hydrogen (secondary N) is 3. The first-order valence-corrected chi connectivity index (χ1v) is 15.6. The summed E-state index contributed by atoms with van der Waals surface area (Å²) in [6, 6.07) is 23.2. The smallest absolute Gasteiger partial charge is 0.307 e. The van der Waals surface area contributed by atoms with Crippen LogP contribution in [-0.4, -0.2) is 75.9 Å². The molecule has 0 saturated carbocycles. The van der Waals surface area contributed by atoms with Gasteiger partial charge in [0.1, 0.15) is 17.8 Å². The minimum atomic E-state index is -1.03. The molecule has 3 aromatic carbocycles. The average molecular weight is 638 g/mol. The molecule has 0 radical (unpaired) electrons. The third-order valence-electron chi connectivity index (χ3n) is 8.82. The Morgan fingerprint density at radius 2 is 1.57 bits per heavy atom. The van der Waals surface area contributed by atoms with Crippen LogP contribution in [0.5, 0.6) is 5.75 Å². The number of ether oxygens (including phenoxy) is 1. The third-order valence-corrected chi connectivity index (χ3v) is 8.82. The van der Waals surface area contributed by atoms with Crippen LogP contribution < -0.4 is 15.4 Å². The van der Waals surface area contributed by atoms with E-state index in [0.717, 1.165) is 11.1 Å². The summed E-state index contributed by atoms with van der Waals surface area (Å²) >= 11 is 0. The van der Waals surface area contributed by atoms with Crippen molar-refractivity contribution < 1.29 is 29.0 Å². The molecular formula is C36H39N5O6. The van der Waals surface area contributed by atoms with Crippen molar-refractivity contribution in [3.05, 3.63) is 120 Å². The maximum atomic E-state index is 14.2. The van der Waals surface area contributed by atoms with E-state index in [1.165, 1.54) is 6.33 Å². The fourth-order valence-electron chi connectivity index (χ4n) is 6.31. The minimum Gasteiger partial charge on any atom is -0.497 e. The van der Waals surface area contributed by atoms with Crippen LogP contribution in [0.4, 0.5) is 0 Å². The van der Waals surface area contributed by atoms with Crippen LogP contribution >= 0.6 is 0 Å². The Labute approximate surface area is 273 Å². The highest BCUT2D eigenvalue weighted by Crippen LogP contribution is 2.43. The molecule has 2 heterocycles. The number of aliphatic carboxylic acids is 1. The normalized spacial score (nSPS) is 15.4. The molecule has 1 unspecified atom stereocenters. The predicted octanol–water partition coefficient (Wildman–Crippen LogP) is 3.38. The number of likely N-dealkylation sites (tertiary alicyclic amines) is 1. The molecule has 244 valence electrons. The molecule has 3 atom stereocenters. The number of imidazole rings is 1. The van der Waals surface area contributed by atoms with Crippen LogP contribution in [0.15, 0.2) is 97.5 Å². The van der Waals surface area contributed by atoms with Crippen LogP contribution in [0, 0.1) is 5.92 Å². The average Bonchev–Trinajstić information content (AvgIpc) is 3.59. The van der Waals surface area contributed by atoms with E-state index in [4.69, 9.17) is 4.74 Å². The lowest BCUT2D eigenvalue weighted by molar-refractivity contribution is -0.155. The summed E-state index contributed by atoms with van der Waals surface area (Å²) in [5.74, 6) is -2.28. The van der Waals surface area contributed by atoms with Gasteiger partial charge in [0.25, 0.3) is 5.91 Å². The molecular weight excluding hydrogens is 598 g/mol. The Hall–Kier alpha value is -5.45. The molecule has 4 N–H and O–H groups in total. The number of aromatic amines is 1. The van der Waals surface area contributed by atoms with Gasteiger partial charge in [0.05, 0.1) is 25.0 Å². The fourth-order valence-corrected chi connectivity index (χ4v) is 6.31. The van der Waals surface area contributed by atoms with E-state index in [9.17, 15) is 24.3 Å². The number of hydrogen-bond acceptors (Lipinski definition) is 6. The second-order valence-electron chi connectivity index (χ2n) is 11.8. The van der Waals surface area contributed by atoms with Crippen LogP contribution in [0.2, 0.25) is 0 Å². The first-order valence-electron chi connectivity index (χ1n) is 15.6. The maximum Gasteiger partial charge on any atom is 0.307 e. The highest BCUT2D eigenvalue weighted by Gasteiger charge is 2.54. The largest absolute Gasteiger partial charge is 0.497 e. The molecule has 1 aromatic heterocycles. The second-order valence-corrected chi connectivity index (χ2v) is 11.8. The molecule has 5 rings (SSSR count). The molecule has 11 heteroatoms. The Bertz CT molecular complexity index is 1660. The number of aromatic nitrogens is 2. The predicted molar refractivity (Wildman–Crippen MR) is 175 cm³/mol. The molecule has 0 bridgehead atoms. The van der Waals surface area contributed by atoms with Gasteiger partial charge in [-0.05, 0) is 41.8 Å². The highest BCUT2D eigenvalue weighted by atomic mass is 16.5. The number of nitrogens with zero attached hydrogens (tertiary/aromatic N) is 2. The first-order chi connectivity index (χ1) is 22.7. The van der Waals surface area contributed by atoms with Gasteiger partial charge in [-0.15, -0.1) is 0 Å². The summed E-state index contributed by atoms with van der Waals surface area (Å²) < 4.78 is 5.28. The van der Waals surface area contributed by atoms with E-state index in [2.05, 4.69) is 20.6 Å². The van der Waals surface area contributed by atoms with E-state index in [1.54, 1.807) is 60.7 Å². The van der Waals surface area contributed by atoms with Gasteiger partial charge in [-0.2, -0.15) is 0 Å². The van der Waals surface area contributed by atoms with Gasteiger partial charge in [-0.1, -0.05) is 67.6 Å². The van der Waals surface area contributed by atoms with Gasteiger partial charge in [-0.25, -0.2) is 4.98 Å². The van der Waals surface area contributed by atoms with Gasteiger partial charge in [0.15, 0.2) is 0 Å². The lowest BCUT2D eigenvalue weighted by Crippen LogP contribution is -2.68. The van der Waals surface area contributed by atoms with Crippen molar-refractivity contribution >= 4 is 23.7 Å². The molecule has 11 nitrogen and oxygen atoms in total. The number of methoxy groups -OCH3 is 1. The molecule has 3 amide bonds. The van der Waals surface area contributed by atoms with E-state index < -0.39 is 41.2 Å². The Kier molecular flexibility index (Phi) is 10.3. The number of H-pyrrole nitrogens is 1. The van der Waals surface area contributed by atoms with Crippen LogP contribution in [-0.2, 0) is 32.6 Å². The van der Waals surface area contributed by atoms with Crippen molar-refractivity contribution in [2.75, 3.05) is 20.2 Å². The zero-order valence-corrected chi connectivity index (χ0v) is 26.4. The molecule has 1 aliphatic heterocycles. The van der Waals surface area contributed by atoms with Crippen molar-refractivity contribution in [2.45, 2.75) is 43.7 Å². The number of rotatable bonds is 14. The number of hydrogen-bond donors (Lipinski definition) is 4. The quantitative estimate of drug-likeness (QED) is 0.165. The lowest BCUT2D eigenvalue weighted by Gasteiger charge is -2.54. The van der Waals surface area contributed by atoms with Crippen LogP contribution in [0.1, 0.15) is 40.5 Å².